The van der Waals surface area contributed by atoms with Gasteiger partial charge in [0.05, 0.1) is 4.47 Å². The minimum atomic E-state index is 0. The average Bonchev–Trinajstić information content (AvgIpc) is 2.32. The van der Waals surface area contributed by atoms with E-state index < -0.39 is 0 Å². The summed E-state index contributed by atoms with van der Waals surface area (Å²) in [4.78, 5) is 0. The summed E-state index contributed by atoms with van der Waals surface area (Å²) in [6.45, 7) is 1.15. The van der Waals surface area contributed by atoms with Crippen LogP contribution in [0.3, 0.4) is 0 Å². The van der Waals surface area contributed by atoms with E-state index in [4.69, 9.17) is 10.6 Å². The van der Waals surface area contributed by atoms with Crippen molar-refractivity contribution in [1.29, 1.82) is 0 Å². The van der Waals surface area contributed by atoms with Crippen LogP contribution >= 0.6 is 44.3 Å². The third kappa shape index (κ3) is 3.59. The highest BCUT2D eigenvalue weighted by molar-refractivity contribution is 9.11. The summed E-state index contributed by atoms with van der Waals surface area (Å²) >= 11 is 7.02. The number of nitrogens with two attached hydrogens (primary N) is 1. The molecule has 98 valence electrons. The Balaban J connectivity index is 0.00000162. The smallest absolute Gasteiger partial charge is 0.134 e. The molecule has 0 amide bonds. The molecule has 0 radical (unpaired) electrons. The summed E-state index contributed by atoms with van der Waals surface area (Å²) in [6, 6.07) is 10.1. The van der Waals surface area contributed by atoms with Crippen molar-refractivity contribution < 1.29 is 4.74 Å². The van der Waals surface area contributed by atoms with Crippen LogP contribution in [0.15, 0.2) is 39.3 Å². The number of hydrazine groups is 1. The van der Waals surface area contributed by atoms with Gasteiger partial charge in [-0.25, -0.2) is 0 Å². The number of benzene rings is 2. The first-order valence-electron chi connectivity index (χ1n) is 5.16. The van der Waals surface area contributed by atoms with Crippen LogP contribution in [0.1, 0.15) is 0 Å². The Hall–Kier alpha value is -0.330. The number of fused-ring (bicyclic) bond motifs is 1. The molecule has 0 aliphatic heterocycles. The van der Waals surface area contributed by atoms with E-state index in [9.17, 15) is 0 Å². The molecular formula is C12H13Br2ClN2O. The van der Waals surface area contributed by atoms with Gasteiger partial charge in [0.2, 0.25) is 0 Å². The molecule has 6 heteroatoms. The molecule has 0 bridgehead atoms. The zero-order chi connectivity index (χ0) is 12.3. The fourth-order valence-electron chi connectivity index (χ4n) is 1.57. The summed E-state index contributed by atoms with van der Waals surface area (Å²) in [6.07, 6.45) is 0. The topological polar surface area (TPSA) is 47.3 Å². The molecule has 0 spiro atoms. The maximum absolute atomic E-state index is 5.61. The summed E-state index contributed by atoms with van der Waals surface area (Å²) in [5.41, 5.74) is 2.56. The molecule has 0 heterocycles. The molecule has 0 saturated carbocycles. The first-order valence-corrected chi connectivity index (χ1v) is 6.75. The Kier molecular flexibility index (Phi) is 6.38. The predicted octanol–water partition coefficient (Wildman–Crippen LogP) is 3.63. The van der Waals surface area contributed by atoms with Gasteiger partial charge in [-0.1, -0.05) is 28.1 Å². The predicted molar refractivity (Wildman–Crippen MR) is 84.3 cm³/mol. The van der Waals surface area contributed by atoms with E-state index in [1.54, 1.807) is 0 Å². The lowest BCUT2D eigenvalue weighted by Gasteiger charge is -2.10. The normalized spacial score (nSPS) is 10.2. The maximum Gasteiger partial charge on any atom is 0.134 e. The van der Waals surface area contributed by atoms with E-state index in [2.05, 4.69) is 49.4 Å². The molecule has 2 aromatic carbocycles. The van der Waals surface area contributed by atoms with Gasteiger partial charge in [-0.2, -0.15) is 0 Å². The van der Waals surface area contributed by atoms with Crippen LogP contribution in [0.25, 0.3) is 10.8 Å². The van der Waals surface area contributed by atoms with Crippen molar-refractivity contribution in [3.63, 3.8) is 0 Å². The lowest BCUT2D eigenvalue weighted by atomic mass is 10.1. The van der Waals surface area contributed by atoms with E-state index in [1.165, 1.54) is 0 Å². The molecule has 2 rings (SSSR count). The number of hydrogen-bond donors (Lipinski definition) is 2. The summed E-state index contributed by atoms with van der Waals surface area (Å²) in [5.74, 6) is 6.02. The Morgan fingerprint density at radius 1 is 1.17 bits per heavy atom. The summed E-state index contributed by atoms with van der Waals surface area (Å²) in [7, 11) is 0. The third-order valence-corrected chi connectivity index (χ3v) is 3.70. The van der Waals surface area contributed by atoms with Gasteiger partial charge < -0.3 is 4.74 Å². The van der Waals surface area contributed by atoms with Crippen molar-refractivity contribution in [2.75, 3.05) is 13.2 Å². The third-order valence-electron chi connectivity index (χ3n) is 2.38. The van der Waals surface area contributed by atoms with Crippen molar-refractivity contribution >= 4 is 55.0 Å². The van der Waals surface area contributed by atoms with Gasteiger partial charge in [-0.05, 0) is 44.9 Å². The van der Waals surface area contributed by atoms with Crippen LogP contribution < -0.4 is 16.0 Å². The second kappa shape index (κ2) is 7.31. The average molecular weight is 397 g/mol. The van der Waals surface area contributed by atoms with Gasteiger partial charge in [0.25, 0.3) is 0 Å². The molecular weight excluding hydrogens is 383 g/mol. The molecule has 2 aromatic rings. The standard InChI is InChI=1S/C12H12Br2N2O.ClH/c13-9-2-3-10-8(7-9)1-4-11(12(10)14)17-6-5-16-15;/h1-4,7,16H,5-6,15H2;1H. The summed E-state index contributed by atoms with van der Waals surface area (Å²) < 4.78 is 7.65. The molecule has 0 aliphatic rings. The lowest BCUT2D eigenvalue weighted by Crippen LogP contribution is -2.27. The van der Waals surface area contributed by atoms with Crippen LogP contribution in [-0.4, -0.2) is 13.2 Å². The van der Waals surface area contributed by atoms with E-state index in [0.29, 0.717) is 13.2 Å². The minimum Gasteiger partial charge on any atom is -0.491 e. The molecule has 0 aliphatic carbocycles. The Labute approximate surface area is 129 Å². The number of hydrogen-bond acceptors (Lipinski definition) is 3. The first-order chi connectivity index (χ1) is 8.22. The molecule has 3 N–H and O–H groups in total. The van der Waals surface area contributed by atoms with Crippen molar-refractivity contribution in [2.24, 2.45) is 5.84 Å². The van der Waals surface area contributed by atoms with Crippen molar-refractivity contribution in [3.8, 4) is 5.75 Å². The second-order valence-corrected chi connectivity index (χ2v) is 5.25. The molecule has 18 heavy (non-hydrogen) atoms. The van der Waals surface area contributed by atoms with Crippen LogP contribution in [0.4, 0.5) is 0 Å². The SMILES string of the molecule is Cl.NNCCOc1ccc2cc(Br)ccc2c1Br. The van der Waals surface area contributed by atoms with Crippen LogP contribution in [-0.2, 0) is 0 Å². The number of halogens is 3. The molecule has 0 unspecified atom stereocenters. The zero-order valence-electron chi connectivity index (χ0n) is 9.45. The van der Waals surface area contributed by atoms with Gasteiger partial charge in [0.1, 0.15) is 12.4 Å². The highest BCUT2D eigenvalue weighted by Gasteiger charge is 2.06. The fourth-order valence-corrected chi connectivity index (χ4v) is 2.56. The second-order valence-electron chi connectivity index (χ2n) is 3.55. The largest absolute Gasteiger partial charge is 0.491 e. The Bertz CT molecular complexity index is 537. The van der Waals surface area contributed by atoms with Crippen LogP contribution in [0.2, 0.25) is 0 Å². The van der Waals surface area contributed by atoms with E-state index in [1.807, 2.05) is 18.2 Å². The van der Waals surface area contributed by atoms with Gasteiger partial charge in [0.15, 0.2) is 0 Å². The summed E-state index contributed by atoms with van der Waals surface area (Å²) in [5, 5.41) is 2.29. The van der Waals surface area contributed by atoms with E-state index >= 15 is 0 Å². The Morgan fingerprint density at radius 3 is 2.67 bits per heavy atom. The van der Waals surface area contributed by atoms with Crippen molar-refractivity contribution in [3.05, 3.63) is 39.3 Å². The van der Waals surface area contributed by atoms with Gasteiger partial charge in [-0.3, -0.25) is 11.3 Å². The van der Waals surface area contributed by atoms with Crippen molar-refractivity contribution in [2.45, 2.75) is 0 Å². The number of rotatable bonds is 4. The minimum absolute atomic E-state index is 0. The maximum atomic E-state index is 5.61. The first kappa shape index (κ1) is 15.7. The van der Waals surface area contributed by atoms with Gasteiger partial charge in [-0.15, -0.1) is 12.4 Å². The monoisotopic (exact) mass is 394 g/mol. The zero-order valence-corrected chi connectivity index (χ0v) is 13.4. The molecule has 0 aromatic heterocycles. The lowest BCUT2D eigenvalue weighted by molar-refractivity contribution is 0.314. The van der Waals surface area contributed by atoms with Crippen molar-refractivity contribution in [1.82, 2.24) is 5.43 Å². The van der Waals surface area contributed by atoms with E-state index in [-0.39, 0.29) is 12.4 Å². The number of ether oxygens (including phenoxy) is 1. The highest BCUT2D eigenvalue weighted by atomic mass is 79.9. The molecule has 3 nitrogen and oxygen atoms in total. The Morgan fingerprint density at radius 2 is 1.94 bits per heavy atom. The van der Waals surface area contributed by atoms with E-state index in [0.717, 1.165) is 25.5 Å². The molecule has 0 atom stereocenters. The van der Waals surface area contributed by atoms with Gasteiger partial charge in [0, 0.05) is 11.0 Å². The van der Waals surface area contributed by atoms with Crippen LogP contribution in [0.5, 0.6) is 5.75 Å². The highest BCUT2D eigenvalue weighted by Crippen LogP contribution is 2.34. The molecule has 0 saturated heterocycles. The van der Waals surface area contributed by atoms with Crippen LogP contribution in [0, 0.1) is 0 Å². The molecule has 0 fully saturated rings. The fraction of sp³-hybridized carbons (Fsp3) is 0.167. The van der Waals surface area contributed by atoms with Gasteiger partial charge >= 0.3 is 0 Å². The number of nitrogens with one attached hydrogen (secondary N) is 1. The quantitative estimate of drug-likeness (QED) is 0.471.